The maximum atomic E-state index is 13.8. The van der Waals surface area contributed by atoms with Crippen molar-refractivity contribution in [3.05, 3.63) is 33.8 Å². The van der Waals surface area contributed by atoms with Gasteiger partial charge in [0.25, 0.3) is 0 Å². The van der Waals surface area contributed by atoms with Gasteiger partial charge in [-0.3, -0.25) is 4.90 Å². The molecule has 1 rings (SSSR count). The average Bonchev–Trinajstić information content (AvgIpc) is 2.30. The van der Waals surface area contributed by atoms with Gasteiger partial charge in [-0.25, -0.2) is 8.78 Å². The molecule has 1 aromatic rings. The van der Waals surface area contributed by atoms with Crippen LogP contribution in [0, 0.1) is 11.6 Å². The largest absolute Gasteiger partial charge is 0.299 e. The molecule has 1 aromatic carbocycles. The molecule has 0 saturated heterocycles. The zero-order valence-electron chi connectivity index (χ0n) is 10.3. The Balaban J connectivity index is 2.88. The number of halogens is 3. The molecule has 0 N–H and O–H groups in total. The van der Waals surface area contributed by atoms with Gasteiger partial charge in [-0.05, 0) is 54.0 Å². The van der Waals surface area contributed by atoms with E-state index in [9.17, 15) is 8.78 Å². The van der Waals surface area contributed by atoms with Crippen molar-refractivity contribution in [2.24, 2.45) is 0 Å². The number of benzene rings is 1. The van der Waals surface area contributed by atoms with Crippen LogP contribution in [0.3, 0.4) is 0 Å². The van der Waals surface area contributed by atoms with Gasteiger partial charge in [0.1, 0.15) is 11.6 Å². The van der Waals surface area contributed by atoms with E-state index >= 15 is 0 Å². The van der Waals surface area contributed by atoms with Crippen LogP contribution in [0.15, 0.2) is 16.6 Å². The predicted molar refractivity (Wildman–Crippen MR) is 69.9 cm³/mol. The summed E-state index contributed by atoms with van der Waals surface area (Å²) in [6.45, 7) is 6.18. The van der Waals surface area contributed by atoms with Crippen LogP contribution in [-0.2, 0) is 6.54 Å². The molecule has 0 heterocycles. The van der Waals surface area contributed by atoms with Crippen LogP contribution in [0.1, 0.15) is 32.3 Å². The van der Waals surface area contributed by atoms with Crippen LogP contribution in [0.4, 0.5) is 8.78 Å². The molecule has 0 aromatic heterocycles. The van der Waals surface area contributed by atoms with Gasteiger partial charge in [0.15, 0.2) is 0 Å². The lowest BCUT2D eigenvalue weighted by molar-refractivity contribution is 0.258. The van der Waals surface area contributed by atoms with Gasteiger partial charge >= 0.3 is 0 Å². The molecule has 0 aliphatic carbocycles. The van der Waals surface area contributed by atoms with E-state index in [0.29, 0.717) is 11.0 Å². The highest BCUT2D eigenvalue weighted by Crippen LogP contribution is 2.23. The van der Waals surface area contributed by atoms with Crippen molar-refractivity contribution in [1.29, 1.82) is 0 Å². The summed E-state index contributed by atoms with van der Waals surface area (Å²) in [4.78, 5) is 2.08. The summed E-state index contributed by atoms with van der Waals surface area (Å²) in [5.41, 5.74) is 0.154. The van der Waals surface area contributed by atoms with Gasteiger partial charge in [-0.1, -0.05) is 13.8 Å². The van der Waals surface area contributed by atoms with Crippen LogP contribution in [0.5, 0.6) is 0 Å². The Bertz CT molecular complexity index is 363. The van der Waals surface area contributed by atoms with Crippen LogP contribution in [0.2, 0.25) is 0 Å². The lowest BCUT2D eigenvalue weighted by atomic mass is 10.1. The SMILES string of the molecule is CCCN(CCC)Cc1c(F)ccc(Br)c1F. The highest BCUT2D eigenvalue weighted by atomic mass is 79.9. The minimum atomic E-state index is -0.484. The third-order valence-electron chi connectivity index (χ3n) is 2.60. The van der Waals surface area contributed by atoms with Crippen LogP contribution in [-0.4, -0.2) is 18.0 Å². The Morgan fingerprint density at radius 1 is 1.12 bits per heavy atom. The van der Waals surface area contributed by atoms with Crippen molar-refractivity contribution in [2.45, 2.75) is 33.2 Å². The second kappa shape index (κ2) is 7.07. The highest BCUT2D eigenvalue weighted by molar-refractivity contribution is 9.10. The highest BCUT2D eigenvalue weighted by Gasteiger charge is 2.15. The molecule has 0 amide bonds. The van der Waals surface area contributed by atoms with Gasteiger partial charge in [-0.2, -0.15) is 0 Å². The smallest absolute Gasteiger partial charge is 0.144 e. The first kappa shape index (κ1) is 14.6. The molecule has 0 fully saturated rings. The Morgan fingerprint density at radius 3 is 2.24 bits per heavy atom. The number of rotatable bonds is 6. The Kier molecular flexibility index (Phi) is 6.06. The fraction of sp³-hybridized carbons (Fsp3) is 0.538. The molecule has 0 radical (unpaired) electrons. The van der Waals surface area contributed by atoms with Crippen molar-refractivity contribution in [3.8, 4) is 0 Å². The zero-order valence-corrected chi connectivity index (χ0v) is 11.9. The van der Waals surface area contributed by atoms with Crippen molar-refractivity contribution in [1.82, 2.24) is 4.90 Å². The standard InChI is InChI=1S/C13H18BrF2N/c1-3-7-17(8-4-2)9-10-12(15)6-5-11(14)13(10)16/h5-6H,3-4,7-9H2,1-2H3. The van der Waals surface area contributed by atoms with E-state index in [2.05, 4.69) is 34.7 Å². The van der Waals surface area contributed by atoms with E-state index in [1.165, 1.54) is 12.1 Å². The third kappa shape index (κ3) is 4.03. The zero-order chi connectivity index (χ0) is 12.8. The third-order valence-corrected chi connectivity index (χ3v) is 3.21. The fourth-order valence-electron chi connectivity index (χ4n) is 1.84. The molecule has 0 aliphatic rings. The van der Waals surface area contributed by atoms with Gasteiger partial charge in [0, 0.05) is 12.1 Å². The van der Waals surface area contributed by atoms with E-state index in [4.69, 9.17) is 0 Å². The normalized spacial score (nSPS) is 11.2. The fourth-order valence-corrected chi connectivity index (χ4v) is 2.21. The number of hydrogen-bond donors (Lipinski definition) is 0. The molecule has 0 aliphatic heterocycles. The van der Waals surface area contributed by atoms with Crippen LogP contribution < -0.4 is 0 Å². The molecule has 1 nitrogen and oxygen atoms in total. The first-order valence-electron chi connectivity index (χ1n) is 5.94. The number of hydrogen-bond acceptors (Lipinski definition) is 1. The molecule has 96 valence electrons. The minimum Gasteiger partial charge on any atom is -0.299 e. The second-order valence-corrected chi connectivity index (χ2v) is 4.95. The van der Waals surface area contributed by atoms with E-state index in [1.54, 1.807) is 0 Å². The van der Waals surface area contributed by atoms with Crippen molar-refractivity contribution < 1.29 is 8.78 Å². The maximum Gasteiger partial charge on any atom is 0.144 e. The van der Waals surface area contributed by atoms with Crippen molar-refractivity contribution >= 4 is 15.9 Å². The minimum absolute atomic E-state index is 0.154. The topological polar surface area (TPSA) is 3.24 Å². The lowest BCUT2D eigenvalue weighted by Crippen LogP contribution is -2.26. The van der Waals surface area contributed by atoms with E-state index in [-0.39, 0.29) is 5.56 Å². The van der Waals surface area contributed by atoms with Gasteiger partial charge in [0.05, 0.1) is 4.47 Å². The summed E-state index contributed by atoms with van der Waals surface area (Å²) >= 11 is 3.09. The molecule has 0 atom stereocenters. The summed E-state index contributed by atoms with van der Waals surface area (Å²) < 4.78 is 27.7. The summed E-state index contributed by atoms with van der Waals surface area (Å²) in [6, 6.07) is 2.71. The monoisotopic (exact) mass is 305 g/mol. The van der Waals surface area contributed by atoms with Crippen LogP contribution in [0.25, 0.3) is 0 Å². The first-order valence-corrected chi connectivity index (χ1v) is 6.74. The lowest BCUT2D eigenvalue weighted by Gasteiger charge is -2.21. The number of nitrogens with zero attached hydrogens (tertiary/aromatic N) is 1. The van der Waals surface area contributed by atoms with E-state index < -0.39 is 11.6 Å². The summed E-state index contributed by atoms with van der Waals surface area (Å²) in [5, 5.41) is 0. The molecule has 4 heteroatoms. The quantitative estimate of drug-likeness (QED) is 0.706. The first-order chi connectivity index (χ1) is 8.10. The van der Waals surface area contributed by atoms with Gasteiger partial charge in [0.2, 0.25) is 0 Å². The predicted octanol–water partition coefficient (Wildman–Crippen LogP) is 4.35. The molecule has 0 spiro atoms. The summed E-state index contributed by atoms with van der Waals surface area (Å²) in [5.74, 6) is -0.954. The van der Waals surface area contributed by atoms with E-state index in [1.807, 2.05) is 0 Å². The molecule has 0 saturated carbocycles. The van der Waals surface area contributed by atoms with Gasteiger partial charge < -0.3 is 0 Å². The summed E-state index contributed by atoms with van der Waals surface area (Å²) in [7, 11) is 0. The molecule has 0 unspecified atom stereocenters. The average molecular weight is 306 g/mol. The van der Waals surface area contributed by atoms with Crippen molar-refractivity contribution in [3.63, 3.8) is 0 Å². The molecular weight excluding hydrogens is 288 g/mol. The van der Waals surface area contributed by atoms with Crippen LogP contribution >= 0.6 is 15.9 Å². The molecular formula is C13H18BrF2N. The second-order valence-electron chi connectivity index (χ2n) is 4.10. The summed E-state index contributed by atoms with van der Waals surface area (Å²) in [6.07, 6.45) is 1.97. The molecule has 0 bridgehead atoms. The molecule has 17 heavy (non-hydrogen) atoms. The van der Waals surface area contributed by atoms with Gasteiger partial charge in [-0.15, -0.1) is 0 Å². The maximum absolute atomic E-state index is 13.8. The Hall–Kier alpha value is -0.480. The van der Waals surface area contributed by atoms with E-state index in [0.717, 1.165) is 25.9 Å². The Morgan fingerprint density at radius 2 is 1.71 bits per heavy atom. The van der Waals surface area contributed by atoms with Crippen molar-refractivity contribution in [2.75, 3.05) is 13.1 Å². The Labute approximate surface area is 110 Å².